The number of aliphatic hydroxyl groups is 1. The van der Waals surface area contributed by atoms with Crippen LogP contribution in [0, 0.1) is 0 Å². The standard InChI is InChI=1S/C28H25NO7/c1-34-22-15-18(7-9-20(22)30)25-24(26(31)19-8-10-21-23(16-19)36-14-13-35-21)27(32)28(33)29(25)12-11-17-5-3-2-4-6-17/h2-10,15-16,25,30-31H,11-14H2,1H3/b26-24+/t25-/m0/s1. The maximum Gasteiger partial charge on any atom is 0.295 e. The molecule has 2 N–H and O–H groups in total. The van der Waals surface area contributed by atoms with Crippen LogP contribution in [0.3, 0.4) is 0 Å². The van der Waals surface area contributed by atoms with E-state index in [9.17, 15) is 19.8 Å². The average molecular weight is 488 g/mol. The molecule has 2 aliphatic rings. The second-order valence-corrected chi connectivity index (χ2v) is 8.52. The number of ketones is 1. The number of ether oxygens (including phenoxy) is 3. The maximum absolute atomic E-state index is 13.3. The molecule has 2 aliphatic heterocycles. The van der Waals surface area contributed by atoms with E-state index in [1.165, 1.54) is 18.1 Å². The number of methoxy groups -OCH3 is 1. The number of aromatic hydroxyl groups is 1. The highest BCUT2D eigenvalue weighted by molar-refractivity contribution is 6.46. The summed E-state index contributed by atoms with van der Waals surface area (Å²) in [7, 11) is 1.42. The van der Waals surface area contributed by atoms with Gasteiger partial charge in [0.2, 0.25) is 0 Å². The summed E-state index contributed by atoms with van der Waals surface area (Å²) in [5, 5.41) is 21.4. The minimum Gasteiger partial charge on any atom is -0.507 e. The summed E-state index contributed by atoms with van der Waals surface area (Å²) in [4.78, 5) is 28.0. The third-order valence-corrected chi connectivity index (χ3v) is 6.36. The quantitative estimate of drug-likeness (QED) is 0.309. The smallest absolute Gasteiger partial charge is 0.295 e. The lowest BCUT2D eigenvalue weighted by Gasteiger charge is -2.26. The number of likely N-dealkylation sites (tertiary alicyclic amines) is 1. The van der Waals surface area contributed by atoms with Crippen LogP contribution in [-0.4, -0.2) is 53.7 Å². The topological polar surface area (TPSA) is 106 Å². The first-order valence-corrected chi connectivity index (χ1v) is 11.6. The minimum absolute atomic E-state index is 0.0440. The molecule has 5 rings (SSSR count). The Morgan fingerprint density at radius 3 is 2.50 bits per heavy atom. The van der Waals surface area contributed by atoms with E-state index in [2.05, 4.69) is 0 Å². The molecule has 0 saturated carbocycles. The van der Waals surface area contributed by atoms with Crippen LogP contribution in [0.5, 0.6) is 23.0 Å². The number of hydrogen-bond donors (Lipinski definition) is 2. The van der Waals surface area contributed by atoms with Crippen LogP contribution in [0.1, 0.15) is 22.7 Å². The van der Waals surface area contributed by atoms with Gasteiger partial charge in [-0.1, -0.05) is 36.4 Å². The van der Waals surface area contributed by atoms with Crippen molar-refractivity contribution in [2.75, 3.05) is 26.9 Å². The van der Waals surface area contributed by atoms with Crippen molar-refractivity contribution in [2.24, 2.45) is 0 Å². The van der Waals surface area contributed by atoms with Crippen molar-refractivity contribution in [3.63, 3.8) is 0 Å². The van der Waals surface area contributed by atoms with E-state index in [4.69, 9.17) is 14.2 Å². The van der Waals surface area contributed by atoms with E-state index in [1.54, 1.807) is 30.3 Å². The summed E-state index contributed by atoms with van der Waals surface area (Å²) in [6.07, 6.45) is 0.518. The van der Waals surface area contributed by atoms with Gasteiger partial charge in [0.1, 0.15) is 19.0 Å². The molecule has 8 heteroatoms. The first-order chi connectivity index (χ1) is 17.5. The van der Waals surface area contributed by atoms with Gasteiger partial charge < -0.3 is 29.3 Å². The Morgan fingerprint density at radius 1 is 1.00 bits per heavy atom. The summed E-state index contributed by atoms with van der Waals surface area (Å²) in [5.41, 5.74) is 1.82. The Bertz CT molecular complexity index is 1350. The number of benzene rings is 3. The molecule has 1 fully saturated rings. The molecule has 0 unspecified atom stereocenters. The van der Waals surface area contributed by atoms with Crippen LogP contribution in [-0.2, 0) is 16.0 Å². The number of phenols is 1. The number of Topliss-reactive ketones (excluding diaryl/α,β-unsaturated/α-hetero) is 1. The molecule has 0 aromatic heterocycles. The van der Waals surface area contributed by atoms with Gasteiger partial charge in [-0.15, -0.1) is 0 Å². The molecule has 2 heterocycles. The predicted molar refractivity (Wildman–Crippen MR) is 131 cm³/mol. The Labute approximate surface area is 208 Å². The van der Waals surface area contributed by atoms with Crippen LogP contribution < -0.4 is 14.2 Å². The average Bonchev–Trinajstić information content (AvgIpc) is 3.17. The van der Waals surface area contributed by atoms with Gasteiger partial charge in [-0.3, -0.25) is 9.59 Å². The molecule has 3 aromatic carbocycles. The Hall–Kier alpha value is -4.46. The number of amides is 1. The lowest BCUT2D eigenvalue weighted by molar-refractivity contribution is -0.139. The molecule has 1 amide bonds. The third-order valence-electron chi connectivity index (χ3n) is 6.36. The van der Waals surface area contributed by atoms with Crippen LogP contribution in [0.4, 0.5) is 0 Å². The molecule has 0 bridgehead atoms. The lowest BCUT2D eigenvalue weighted by atomic mass is 9.94. The number of carbonyl (C=O) groups excluding carboxylic acids is 2. The van der Waals surface area contributed by atoms with Crippen molar-refractivity contribution >= 4 is 17.4 Å². The fourth-order valence-electron chi connectivity index (χ4n) is 4.56. The molecule has 36 heavy (non-hydrogen) atoms. The second kappa shape index (κ2) is 9.65. The highest BCUT2D eigenvalue weighted by Crippen LogP contribution is 2.43. The van der Waals surface area contributed by atoms with Gasteiger partial charge in [0.05, 0.1) is 18.7 Å². The zero-order valence-corrected chi connectivity index (χ0v) is 19.6. The van der Waals surface area contributed by atoms with E-state index in [-0.39, 0.29) is 29.4 Å². The van der Waals surface area contributed by atoms with Crippen LogP contribution >= 0.6 is 0 Å². The Balaban J connectivity index is 1.60. The summed E-state index contributed by atoms with van der Waals surface area (Å²) < 4.78 is 16.4. The number of fused-ring (bicyclic) bond motifs is 1. The monoisotopic (exact) mass is 487 g/mol. The van der Waals surface area contributed by atoms with Crippen molar-refractivity contribution in [3.8, 4) is 23.0 Å². The van der Waals surface area contributed by atoms with Gasteiger partial charge >= 0.3 is 0 Å². The van der Waals surface area contributed by atoms with Crippen molar-refractivity contribution in [1.29, 1.82) is 0 Å². The number of aliphatic hydroxyl groups excluding tert-OH is 1. The molecule has 0 radical (unpaired) electrons. The number of carbonyl (C=O) groups is 2. The van der Waals surface area contributed by atoms with Crippen molar-refractivity contribution in [3.05, 3.63) is 89.0 Å². The van der Waals surface area contributed by atoms with Crippen LogP contribution in [0.15, 0.2) is 72.3 Å². The summed E-state index contributed by atoms with van der Waals surface area (Å²) in [6.45, 7) is 1.04. The summed E-state index contributed by atoms with van der Waals surface area (Å²) in [6, 6.07) is 18.2. The molecule has 184 valence electrons. The largest absolute Gasteiger partial charge is 0.507 e. The molecular weight excluding hydrogens is 462 g/mol. The Morgan fingerprint density at radius 2 is 1.75 bits per heavy atom. The number of nitrogens with zero attached hydrogens (tertiary/aromatic N) is 1. The van der Waals surface area contributed by atoms with Gasteiger partial charge in [-0.2, -0.15) is 0 Å². The van der Waals surface area contributed by atoms with Crippen LogP contribution in [0.25, 0.3) is 5.76 Å². The van der Waals surface area contributed by atoms with E-state index < -0.39 is 17.7 Å². The third kappa shape index (κ3) is 4.22. The number of hydrogen-bond acceptors (Lipinski definition) is 7. The summed E-state index contributed by atoms with van der Waals surface area (Å²) in [5.74, 6) is -0.693. The highest BCUT2D eigenvalue weighted by atomic mass is 16.6. The zero-order valence-electron chi connectivity index (χ0n) is 19.6. The highest BCUT2D eigenvalue weighted by Gasteiger charge is 2.46. The zero-order chi connectivity index (χ0) is 25.2. The molecule has 8 nitrogen and oxygen atoms in total. The van der Waals surface area contributed by atoms with Crippen molar-refractivity contribution < 1.29 is 34.0 Å². The maximum atomic E-state index is 13.3. The van der Waals surface area contributed by atoms with Crippen molar-refractivity contribution in [1.82, 2.24) is 4.90 Å². The number of rotatable bonds is 6. The molecule has 0 aliphatic carbocycles. The first-order valence-electron chi connectivity index (χ1n) is 11.6. The van der Waals surface area contributed by atoms with Crippen molar-refractivity contribution in [2.45, 2.75) is 12.5 Å². The molecule has 1 atom stereocenters. The molecule has 1 saturated heterocycles. The fourth-order valence-corrected chi connectivity index (χ4v) is 4.56. The second-order valence-electron chi connectivity index (χ2n) is 8.52. The van der Waals surface area contributed by atoms with E-state index in [1.807, 2.05) is 30.3 Å². The fraction of sp³-hybridized carbons (Fsp3) is 0.214. The minimum atomic E-state index is -0.878. The van der Waals surface area contributed by atoms with Gasteiger partial charge in [0, 0.05) is 12.1 Å². The predicted octanol–water partition coefficient (Wildman–Crippen LogP) is 3.84. The van der Waals surface area contributed by atoms with Gasteiger partial charge in [-0.25, -0.2) is 0 Å². The van der Waals surface area contributed by atoms with E-state index in [0.717, 1.165) is 5.56 Å². The lowest BCUT2D eigenvalue weighted by Crippen LogP contribution is -2.31. The van der Waals surface area contributed by atoms with E-state index in [0.29, 0.717) is 42.3 Å². The van der Waals surface area contributed by atoms with Crippen LogP contribution in [0.2, 0.25) is 0 Å². The normalized spacial score (nSPS) is 18.4. The molecule has 3 aromatic rings. The first kappa shape index (κ1) is 23.3. The SMILES string of the molecule is COc1cc([C@H]2/C(=C(\O)c3ccc4c(c3)OCCO4)C(=O)C(=O)N2CCc2ccccc2)ccc1O. The molecular formula is C28H25NO7. The van der Waals surface area contributed by atoms with Gasteiger partial charge in [0.15, 0.2) is 23.0 Å². The number of phenolic OH excluding ortho intramolecular Hbond substituents is 1. The Kier molecular flexibility index (Phi) is 6.25. The van der Waals surface area contributed by atoms with E-state index >= 15 is 0 Å². The molecule has 0 spiro atoms. The summed E-state index contributed by atoms with van der Waals surface area (Å²) >= 11 is 0. The van der Waals surface area contributed by atoms with Gasteiger partial charge in [-0.05, 0) is 47.9 Å². The van der Waals surface area contributed by atoms with Gasteiger partial charge in [0.25, 0.3) is 11.7 Å².